The molecular formula is C11H18N2O4S2. The molecule has 1 fully saturated rings. The number of hydrogen-bond acceptors (Lipinski definition) is 6. The smallest absolute Gasteiger partial charge is 0.306 e. The lowest BCUT2D eigenvalue weighted by Crippen LogP contribution is -2.45. The molecule has 1 aliphatic heterocycles. The summed E-state index contributed by atoms with van der Waals surface area (Å²) in [5.74, 6) is -0.769. The maximum atomic E-state index is 12.0. The predicted octanol–water partition coefficient (Wildman–Crippen LogP) is 0.600. The number of nitrogens with zero attached hydrogens (tertiary/aromatic N) is 2. The molecule has 1 rings (SSSR count). The zero-order chi connectivity index (χ0) is 14.5. The molecule has 0 bridgehead atoms. The molecule has 0 aromatic carbocycles. The Labute approximate surface area is 118 Å². The average Bonchev–Trinajstić information content (AvgIpc) is 2.44. The van der Waals surface area contributed by atoms with Crippen molar-refractivity contribution in [3.63, 3.8) is 0 Å². The van der Waals surface area contributed by atoms with Crippen molar-refractivity contribution in [2.24, 2.45) is 0 Å². The minimum atomic E-state index is -3.44. The molecule has 6 nitrogen and oxygen atoms in total. The first-order valence-corrected chi connectivity index (χ1v) is 8.73. The first-order chi connectivity index (χ1) is 8.89. The molecular weight excluding hydrogens is 288 g/mol. The number of carbonyl (C=O) groups excluding carboxylic acids is 1. The Kier molecular flexibility index (Phi) is 5.64. The third-order valence-electron chi connectivity index (χ3n) is 3.31. The van der Waals surface area contributed by atoms with Crippen molar-refractivity contribution in [3.8, 4) is 6.07 Å². The molecule has 0 aromatic rings. The highest BCUT2D eigenvalue weighted by atomic mass is 32.2. The number of piperidine rings is 1. The van der Waals surface area contributed by atoms with Crippen LogP contribution in [0.4, 0.5) is 0 Å². The fourth-order valence-electron chi connectivity index (χ4n) is 1.93. The van der Waals surface area contributed by atoms with Crippen LogP contribution in [0.25, 0.3) is 0 Å². The van der Waals surface area contributed by atoms with Crippen molar-refractivity contribution in [1.82, 2.24) is 4.31 Å². The molecule has 0 atom stereocenters. The summed E-state index contributed by atoms with van der Waals surface area (Å²) >= 11 is 1.47. The van der Waals surface area contributed by atoms with Crippen LogP contribution in [-0.4, -0.2) is 55.6 Å². The zero-order valence-corrected chi connectivity index (χ0v) is 12.7. The number of esters is 1. The lowest BCUT2D eigenvalue weighted by Gasteiger charge is -2.35. The highest BCUT2D eigenvalue weighted by molar-refractivity contribution is 8.00. The molecule has 0 saturated carbocycles. The summed E-state index contributed by atoms with van der Waals surface area (Å²) in [7, 11) is -2.21. The van der Waals surface area contributed by atoms with Gasteiger partial charge in [0.05, 0.1) is 25.4 Å². The van der Waals surface area contributed by atoms with Gasteiger partial charge in [-0.15, -0.1) is 11.8 Å². The quantitative estimate of drug-likeness (QED) is 0.691. The van der Waals surface area contributed by atoms with E-state index in [-0.39, 0.29) is 12.2 Å². The van der Waals surface area contributed by atoms with E-state index >= 15 is 0 Å². The normalized spacial score (nSPS) is 19.6. The number of rotatable bonds is 5. The second kappa shape index (κ2) is 6.59. The Balaban J connectivity index is 2.59. The van der Waals surface area contributed by atoms with Gasteiger partial charge in [0.1, 0.15) is 4.75 Å². The number of hydrogen-bond donors (Lipinski definition) is 0. The summed E-state index contributed by atoms with van der Waals surface area (Å²) in [6, 6.07) is 2.27. The van der Waals surface area contributed by atoms with E-state index in [1.165, 1.54) is 23.2 Å². The largest absolute Gasteiger partial charge is 0.469 e. The van der Waals surface area contributed by atoms with Crippen molar-refractivity contribution < 1.29 is 17.9 Å². The van der Waals surface area contributed by atoms with Crippen LogP contribution >= 0.6 is 11.8 Å². The lowest BCUT2D eigenvalue weighted by atomic mass is 9.99. The van der Waals surface area contributed by atoms with Crippen LogP contribution in [0.3, 0.4) is 0 Å². The van der Waals surface area contributed by atoms with Gasteiger partial charge in [-0.1, -0.05) is 0 Å². The number of thioether (sulfide) groups is 1. The molecule has 0 spiro atoms. The first kappa shape index (κ1) is 16.3. The van der Waals surface area contributed by atoms with E-state index in [0.717, 1.165) is 0 Å². The molecule has 8 heteroatoms. The first-order valence-electron chi connectivity index (χ1n) is 5.90. The molecule has 0 aliphatic carbocycles. The monoisotopic (exact) mass is 306 g/mol. The van der Waals surface area contributed by atoms with E-state index in [2.05, 4.69) is 10.8 Å². The van der Waals surface area contributed by atoms with Gasteiger partial charge >= 0.3 is 5.97 Å². The molecule has 1 saturated heterocycles. The molecule has 19 heavy (non-hydrogen) atoms. The Morgan fingerprint density at radius 1 is 1.47 bits per heavy atom. The molecule has 0 unspecified atom stereocenters. The van der Waals surface area contributed by atoms with Gasteiger partial charge in [-0.2, -0.15) is 5.26 Å². The summed E-state index contributed by atoms with van der Waals surface area (Å²) in [5, 5.41) is 9.14. The second-order valence-electron chi connectivity index (χ2n) is 4.35. The van der Waals surface area contributed by atoms with Gasteiger partial charge in [0, 0.05) is 13.1 Å². The van der Waals surface area contributed by atoms with Crippen molar-refractivity contribution in [2.75, 3.05) is 32.2 Å². The van der Waals surface area contributed by atoms with E-state index < -0.39 is 20.7 Å². The van der Waals surface area contributed by atoms with Crippen molar-refractivity contribution in [3.05, 3.63) is 0 Å². The molecule has 108 valence electrons. The predicted molar refractivity (Wildman–Crippen MR) is 73.1 cm³/mol. The summed E-state index contributed by atoms with van der Waals surface area (Å²) in [5.41, 5.74) is 0. The van der Waals surface area contributed by atoms with Crippen LogP contribution in [0.2, 0.25) is 0 Å². The van der Waals surface area contributed by atoms with Gasteiger partial charge in [0.2, 0.25) is 10.0 Å². The second-order valence-corrected chi connectivity index (χ2v) is 7.63. The van der Waals surface area contributed by atoms with Crippen LogP contribution < -0.4 is 0 Å². The van der Waals surface area contributed by atoms with Gasteiger partial charge in [0.15, 0.2) is 0 Å². The number of ether oxygens (including phenoxy) is 1. The Bertz CT molecular complexity index is 462. The van der Waals surface area contributed by atoms with Gasteiger partial charge in [-0.3, -0.25) is 4.79 Å². The van der Waals surface area contributed by atoms with Crippen molar-refractivity contribution in [1.29, 1.82) is 5.26 Å². The topological polar surface area (TPSA) is 87.5 Å². The third kappa shape index (κ3) is 4.09. The fourth-order valence-corrected chi connectivity index (χ4v) is 4.03. The Hall–Kier alpha value is -0.780. The number of methoxy groups -OCH3 is 1. The Morgan fingerprint density at radius 2 is 2.05 bits per heavy atom. The van der Waals surface area contributed by atoms with Crippen LogP contribution in [0.1, 0.15) is 19.3 Å². The maximum Gasteiger partial charge on any atom is 0.306 e. The van der Waals surface area contributed by atoms with Crippen molar-refractivity contribution in [2.45, 2.75) is 24.0 Å². The fraction of sp³-hybridized carbons (Fsp3) is 0.818. The highest BCUT2D eigenvalue weighted by Gasteiger charge is 2.37. The Morgan fingerprint density at radius 3 is 2.47 bits per heavy atom. The van der Waals surface area contributed by atoms with Crippen LogP contribution in [0, 0.1) is 11.3 Å². The lowest BCUT2D eigenvalue weighted by molar-refractivity contribution is -0.140. The van der Waals surface area contributed by atoms with E-state index in [1.807, 2.05) is 6.26 Å². The van der Waals surface area contributed by atoms with Gasteiger partial charge in [0.25, 0.3) is 0 Å². The summed E-state index contributed by atoms with van der Waals surface area (Å²) < 4.78 is 29.4. The highest BCUT2D eigenvalue weighted by Crippen LogP contribution is 2.34. The molecule has 1 heterocycles. The third-order valence-corrected chi connectivity index (χ3v) is 6.46. The van der Waals surface area contributed by atoms with E-state index in [1.54, 1.807) is 0 Å². The summed E-state index contributed by atoms with van der Waals surface area (Å²) in [6.07, 6.45) is 2.76. The SMILES string of the molecule is COC(=O)CCS(=O)(=O)N1CCC(C#N)(SC)CC1. The molecule has 0 N–H and O–H groups in total. The summed E-state index contributed by atoms with van der Waals surface area (Å²) in [6.45, 7) is 0.663. The van der Waals surface area contributed by atoms with Crippen molar-refractivity contribution >= 4 is 27.8 Å². The zero-order valence-electron chi connectivity index (χ0n) is 11.1. The number of carbonyl (C=O) groups is 1. The number of nitriles is 1. The minimum Gasteiger partial charge on any atom is -0.469 e. The van der Waals surface area contributed by atoms with E-state index in [0.29, 0.717) is 25.9 Å². The average molecular weight is 306 g/mol. The van der Waals surface area contributed by atoms with Crippen LogP contribution in [0.15, 0.2) is 0 Å². The molecule has 0 radical (unpaired) electrons. The molecule has 0 amide bonds. The minimum absolute atomic E-state index is 0.138. The number of sulfonamides is 1. The van der Waals surface area contributed by atoms with Gasteiger partial charge in [-0.25, -0.2) is 12.7 Å². The van der Waals surface area contributed by atoms with E-state index in [9.17, 15) is 13.2 Å². The van der Waals surface area contributed by atoms with Crippen LogP contribution in [-0.2, 0) is 19.6 Å². The summed E-state index contributed by atoms with van der Waals surface area (Å²) in [4.78, 5) is 11.0. The standard InChI is InChI=1S/C11H18N2O4S2/c1-17-10(14)3-8-19(15,16)13-6-4-11(9-12,18-2)5-7-13/h3-8H2,1-2H3. The van der Waals surface area contributed by atoms with Gasteiger partial charge in [-0.05, 0) is 19.1 Å². The van der Waals surface area contributed by atoms with E-state index in [4.69, 9.17) is 5.26 Å². The van der Waals surface area contributed by atoms with Gasteiger partial charge < -0.3 is 4.74 Å². The molecule has 0 aromatic heterocycles. The molecule has 1 aliphatic rings. The maximum absolute atomic E-state index is 12.0. The van der Waals surface area contributed by atoms with Crippen LogP contribution in [0.5, 0.6) is 0 Å².